The molecule has 0 aliphatic heterocycles. The van der Waals surface area contributed by atoms with E-state index in [0.717, 1.165) is 16.7 Å². The van der Waals surface area contributed by atoms with Crippen molar-refractivity contribution >= 4 is 23.0 Å². The second kappa shape index (κ2) is 6.13. The summed E-state index contributed by atoms with van der Waals surface area (Å²) in [5, 5.41) is 7.57. The van der Waals surface area contributed by atoms with E-state index in [1.54, 1.807) is 0 Å². The first-order valence-corrected chi connectivity index (χ1v) is 7.90. The lowest BCUT2D eigenvalue weighted by Crippen LogP contribution is -2.44. The summed E-state index contributed by atoms with van der Waals surface area (Å²) in [6.07, 6.45) is 3.70. The third-order valence-electron chi connectivity index (χ3n) is 4.12. The fourth-order valence-electron chi connectivity index (χ4n) is 3.51. The Morgan fingerprint density at radius 3 is 2.60 bits per heavy atom. The van der Waals surface area contributed by atoms with Crippen LogP contribution in [0.4, 0.5) is 5.69 Å². The Morgan fingerprint density at radius 2 is 1.95 bits per heavy atom. The Morgan fingerprint density at radius 1 is 1.25 bits per heavy atom. The predicted molar refractivity (Wildman–Crippen MR) is 91.1 cm³/mol. The van der Waals surface area contributed by atoms with E-state index in [1.165, 1.54) is 24.8 Å². The maximum Gasteiger partial charge on any atom is 0.171 e. The topological polar surface area (TPSA) is 24.1 Å². The summed E-state index contributed by atoms with van der Waals surface area (Å²) in [6, 6.07) is 8.72. The first kappa shape index (κ1) is 15.3. The summed E-state index contributed by atoms with van der Waals surface area (Å²) in [7, 11) is 0. The molecule has 2 nitrogen and oxygen atoms in total. The summed E-state index contributed by atoms with van der Waals surface area (Å²) >= 11 is 5.47. The molecule has 0 bridgehead atoms. The van der Waals surface area contributed by atoms with Crippen molar-refractivity contribution in [1.82, 2.24) is 5.32 Å². The Balaban J connectivity index is 1.93. The van der Waals surface area contributed by atoms with E-state index in [4.69, 9.17) is 12.2 Å². The monoisotopic (exact) mass is 290 g/mol. The molecule has 0 radical (unpaired) electrons. The van der Waals surface area contributed by atoms with Crippen LogP contribution in [-0.4, -0.2) is 11.2 Å². The zero-order valence-corrected chi connectivity index (χ0v) is 13.8. The molecule has 1 aromatic carbocycles. The standard InChI is InChI=1S/C17H26N2S/c1-12-9-14(11-17(3,4)10-12)18-16(20)19-15-8-6-5-7-13(15)2/h5-8,12,14H,9-11H2,1-4H3,(H2,18,19,20). The number of para-hydroxylation sites is 1. The number of anilines is 1. The van der Waals surface area contributed by atoms with Crippen molar-refractivity contribution in [1.29, 1.82) is 0 Å². The Labute approximate surface area is 128 Å². The second-order valence-corrected chi connectivity index (χ2v) is 7.43. The van der Waals surface area contributed by atoms with Gasteiger partial charge in [-0.2, -0.15) is 0 Å². The summed E-state index contributed by atoms with van der Waals surface area (Å²) < 4.78 is 0. The fraction of sp³-hybridized carbons (Fsp3) is 0.588. The largest absolute Gasteiger partial charge is 0.360 e. The fourth-order valence-corrected chi connectivity index (χ4v) is 3.79. The van der Waals surface area contributed by atoms with Crippen molar-refractivity contribution in [3.05, 3.63) is 29.8 Å². The Hall–Kier alpha value is -1.09. The number of hydrogen-bond donors (Lipinski definition) is 2. The maximum atomic E-state index is 5.47. The van der Waals surface area contributed by atoms with E-state index in [-0.39, 0.29) is 0 Å². The third kappa shape index (κ3) is 4.20. The number of thiocarbonyl (C=S) groups is 1. The van der Waals surface area contributed by atoms with Gasteiger partial charge >= 0.3 is 0 Å². The lowest BCUT2D eigenvalue weighted by atomic mass is 9.71. The van der Waals surface area contributed by atoms with Gasteiger partial charge in [0, 0.05) is 11.7 Å². The molecule has 0 saturated heterocycles. The van der Waals surface area contributed by atoms with Gasteiger partial charge in [-0.3, -0.25) is 0 Å². The van der Waals surface area contributed by atoms with Crippen molar-refractivity contribution < 1.29 is 0 Å². The summed E-state index contributed by atoms with van der Waals surface area (Å²) in [5.74, 6) is 0.762. The molecule has 2 unspecified atom stereocenters. The van der Waals surface area contributed by atoms with Gasteiger partial charge in [0.1, 0.15) is 0 Å². The Kier molecular flexibility index (Phi) is 4.69. The summed E-state index contributed by atoms with van der Waals surface area (Å²) in [4.78, 5) is 0. The van der Waals surface area contributed by atoms with Gasteiger partial charge in [-0.1, -0.05) is 39.0 Å². The second-order valence-electron chi connectivity index (χ2n) is 7.02. The zero-order valence-electron chi connectivity index (χ0n) is 13.0. The zero-order chi connectivity index (χ0) is 14.8. The van der Waals surface area contributed by atoms with Gasteiger partial charge in [0.05, 0.1) is 0 Å². The predicted octanol–water partition coefficient (Wildman–Crippen LogP) is 4.50. The minimum atomic E-state index is 0.410. The van der Waals surface area contributed by atoms with Crippen molar-refractivity contribution in [2.45, 2.75) is 53.0 Å². The van der Waals surface area contributed by atoms with E-state index >= 15 is 0 Å². The lowest BCUT2D eigenvalue weighted by molar-refractivity contribution is 0.162. The molecular formula is C17H26N2S. The number of hydrogen-bond acceptors (Lipinski definition) is 1. The maximum absolute atomic E-state index is 5.47. The molecule has 2 N–H and O–H groups in total. The van der Waals surface area contributed by atoms with Crippen LogP contribution in [0, 0.1) is 18.3 Å². The van der Waals surface area contributed by atoms with Gasteiger partial charge in [-0.05, 0) is 61.4 Å². The highest BCUT2D eigenvalue weighted by molar-refractivity contribution is 7.80. The number of aryl methyl sites for hydroxylation is 1. The summed E-state index contributed by atoms with van der Waals surface area (Å²) in [5.41, 5.74) is 2.72. The summed E-state index contributed by atoms with van der Waals surface area (Å²) in [6.45, 7) is 9.15. The molecule has 1 aromatic rings. The van der Waals surface area contributed by atoms with E-state index in [9.17, 15) is 0 Å². The highest BCUT2D eigenvalue weighted by atomic mass is 32.1. The van der Waals surface area contributed by atoms with E-state index in [0.29, 0.717) is 11.5 Å². The molecule has 0 amide bonds. The molecule has 20 heavy (non-hydrogen) atoms. The van der Waals surface area contributed by atoms with Gasteiger partial charge in [-0.15, -0.1) is 0 Å². The van der Waals surface area contributed by atoms with Crippen LogP contribution in [0.5, 0.6) is 0 Å². The van der Waals surface area contributed by atoms with Crippen LogP contribution in [0.3, 0.4) is 0 Å². The average Bonchev–Trinajstić information content (AvgIpc) is 2.29. The average molecular weight is 290 g/mol. The Bertz CT molecular complexity index is 482. The van der Waals surface area contributed by atoms with Crippen molar-refractivity contribution in [2.24, 2.45) is 11.3 Å². The molecule has 1 saturated carbocycles. The minimum absolute atomic E-state index is 0.410. The van der Waals surface area contributed by atoms with Crippen LogP contribution >= 0.6 is 12.2 Å². The van der Waals surface area contributed by atoms with Gasteiger partial charge in [-0.25, -0.2) is 0 Å². The molecule has 110 valence electrons. The molecule has 3 heteroatoms. The van der Waals surface area contributed by atoms with Gasteiger partial charge in [0.15, 0.2) is 5.11 Å². The SMILES string of the molecule is Cc1ccccc1NC(=S)NC1CC(C)CC(C)(C)C1. The molecule has 2 atom stereocenters. The molecule has 1 fully saturated rings. The van der Waals surface area contributed by atoms with Crippen molar-refractivity contribution in [3.63, 3.8) is 0 Å². The van der Waals surface area contributed by atoms with Crippen molar-refractivity contribution in [3.8, 4) is 0 Å². The number of benzene rings is 1. The van der Waals surface area contributed by atoms with Gasteiger partial charge in [0.2, 0.25) is 0 Å². The van der Waals surface area contributed by atoms with E-state index in [1.807, 2.05) is 12.1 Å². The molecule has 0 spiro atoms. The molecule has 0 heterocycles. The smallest absolute Gasteiger partial charge is 0.171 e. The highest BCUT2D eigenvalue weighted by Crippen LogP contribution is 2.38. The van der Waals surface area contributed by atoms with Crippen LogP contribution in [0.15, 0.2) is 24.3 Å². The first-order chi connectivity index (χ1) is 9.35. The van der Waals surface area contributed by atoms with Crippen molar-refractivity contribution in [2.75, 3.05) is 5.32 Å². The molecule has 0 aromatic heterocycles. The van der Waals surface area contributed by atoms with E-state index in [2.05, 4.69) is 50.5 Å². The van der Waals surface area contributed by atoms with E-state index < -0.39 is 0 Å². The number of rotatable bonds is 2. The quantitative estimate of drug-likeness (QED) is 0.784. The van der Waals surface area contributed by atoms with Crippen LogP contribution in [-0.2, 0) is 0 Å². The van der Waals surface area contributed by atoms with Crippen LogP contribution in [0.25, 0.3) is 0 Å². The lowest BCUT2D eigenvalue weighted by Gasteiger charge is -2.39. The third-order valence-corrected chi connectivity index (χ3v) is 4.34. The van der Waals surface area contributed by atoms with Gasteiger partial charge < -0.3 is 10.6 Å². The van der Waals surface area contributed by atoms with Crippen LogP contribution in [0.2, 0.25) is 0 Å². The normalized spacial score (nSPS) is 25.0. The molecular weight excluding hydrogens is 264 g/mol. The number of nitrogens with one attached hydrogen (secondary N) is 2. The first-order valence-electron chi connectivity index (χ1n) is 7.49. The molecule has 1 aliphatic rings. The highest BCUT2D eigenvalue weighted by Gasteiger charge is 2.32. The van der Waals surface area contributed by atoms with Crippen LogP contribution < -0.4 is 10.6 Å². The minimum Gasteiger partial charge on any atom is -0.360 e. The van der Waals surface area contributed by atoms with Crippen LogP contribution in [0.1, 0.15) is 45.6 Å². The molecule has 1 aliphatic carbocycles. The van der Waals surface area contributed by atoms with Gasteiger partial charge in [0.25, 0.3) is 0 Å². The molecule has 2 rings (SSSR count).